The van der Waals surface area contributed by atoms with Crippen LogP contribution >= 0.6 is 0 Å². The second kappa shape index (κ2) is 3.74. The molecule has 0 saturated carbocycles. The second-order valence-electron chi connectivity index (χ2n) is 3.76. The molecule has 2 heteroatoms. The minimum atomic E-state index is 0.499. The summed E-state index contributed by atoms with van der Waals surface area (Å²) in [6.45, 7) is 4.33. The van der Waals surface area contributed by atoms with E-state index < -0.39 is 0 Å². The Morgan fingerprint density at radius 2 is 2.14 bits per heavy atom. The van der Waals surface area contributed by atoms with E-state index >= 15 is 0 Å². The zero-order valence-electron chi connectivity index (χ0n) is 8.49. The zero-order chi connectivity index (χ0) is 9.97. The lowest BCUT2D eigenvalue weighted by Crippen LogP contribution is -1.92. The smallest absolute Gasteiger partial charge is 0.108 e. The highest BCUT2D eigenvalue weighted by Gasteiger charge is 2.10. The molecular formula is C12H14O2. The van der Waals surface area contributed by atoms with Crippen LogP contribution in [0.1, 0.15) is 36.7 Å². The van der Waals surface area contributed by atoms with Gasteiger partial charge in [0.05, 0.1) is 18.8 Å². The molecule has 0 saturated heterocycles. The van der Waals surface area contributed by atoms with Gasteiger partial charge in [-0.2, -0.15) is 0 Å². The summed E-state index contributed by atoms with van der Waals surface area (Å²) in [5.41, 5.74) is 2.48. The Labute approximate surface area is 83.5 Å². The molecule has 74 valence electrons. The summed E-state index contributed by atoms with van der Waals surface area (Å²) >= 11 is 0. The Bertz CT molecular complexity index is 382. The van der Waals surface area contributed by atoms with Crippen molar-refractivity contribution in [2.24, 2.45) is 0 Å². The Kier molecular flexibility index (Phi) is 2.44. The van der Waals surface area contributed by atoms with Crippen molar-refractivity contribution < 1.29 is 8.83 Å². The molecule has 0 amide bonds. The molecule has 0 aliphatic heterocycles. The fraction of sp³-hybridized carbons (Fsp3) is 0.333. The molecule has 0 aromatic carbocycles. The minimum Gasteiger partial charge on any atom is -0.472 e. The van der Waals surface area contributed by atoms with Gasteiger partial charge in [-0.1, -0.05) is 13.8 Å². The first-order valence-corrected chi connectivity index (χ1v) is 4.84. The first-order valence-electron chi connectivity index (χ1n) is 4.84. The molecule has 2 aromatic heterocycles. The van der Waals surface area contributed by atoms with E-state index in [2.05, 4.69) is 13.8 Å². The maximum Gasteiger partial charge on any atom is 0.108 e. The molecule has 0 atom stereocenters. The second-order valence-corrected chi connectivity index (χ2v) is 3.76. The lowest BCUT2D eigenvalue weighted by molar-refractivity contribution is 0.517. The predicted octanol–water partition coefficient (Wildman–Crippen LogP) is 3.59. The van der Waals surface area contributed by atoms with Crippen molar-refractivity contribution in [3.8, 4) is 0 Å². The Hall–Kier alpha value is -1.44. The van der Waals surface area contributed by atoms with Crippen LogP contribution in [-0.4, -0.2) is 0 Å². The van der Waals surface area contributed by atoms with Gasteiger partial charge < -0.3 is 8.83 Å². The first-order chi connectivity index (χ1) is 6.77. The number of rotatable bonds is 3. The summed E-state index contributed by atoms with van der Waals surface area (Å²) in [6, 6.07) is 3.89. The molecule has 0 spiro atoms. The van der Waals surface area contributed by atoms with Crippen molar-refractivity contribution in [3.63, 3.8) is 0 Å². The number of furan rings is 2. The largest absolute Gasteiger partial charge is 0.472 e. The Morgan fingerprint density at radius 1 is 1.29 bits per heavy atom. The van der Waals surface area contributed by atoms with Gasteiger partial charge in [0.2, 0.25) is 0 Å². The zero-order valence-corrected chi connectivity index (χ0v) is 8.49. The van der Waals surface area contributed by atoms with Crippen molar-refractivity contribution >= 4 is 0 Å². The van der Waals surface area contributed by atoms with Crippen LogP contribution in [0.4, 0.5) is 0 Å². The van der Waals surface area contributed by atoms with Gasteiger partial charge in [0, 0.05) is 12.0 Å². The van der Waals surface area contributed by atoms with Crippen molar-refractivity contribution in [2.45, 2.75) is 26.2 Å². The van der Waals surface area contributed by atoms with Gasteiger partial charge in [-0.05, 0) is 23.6 Å². The molecule has 2 aromatic rings. The van der Waals surface area contributed by atoms with Crippen LogP contribution in [0.15, 0.2) is 39.8 Å². The first kappa shape index (κ1) is 9.13. The van der Waals surface area contributed by atoms with E-state index in [0.29, 0.717) is 5.92 Å². The van der Waals surface area contributed by atoms with Gasteiger partial charge in [-0.15, -0.1) is 0 Å². The fourth-order valence-corrected chi connectivity index (χ4v) is 1.58. The average Bonchev–Trinajstić information content (AvgIpc) is 2.75. The molecular weight excluding hydrogens is 176 g/mol. The standard InChI is InChI=1S/C12H14O2/c1-9(2)12-8-13-7-10(12)6-11-4-3-5-14-11/h3-5,7-9H,6H2,1-2H3. The summed E-state index contributed by atoms with van der Waals surface area (Å²) in [5, 5.41) is 0. The third-order valence-electron chi connectivity index (χ3n) is 2.34. The van der Waals surface area contributed by atoms with Crippen LogP contribution in [0, 0.1) is 0 Å². The lowest BCUT2D eigenvalue weighted by Gasteiger charge is -2.03. The van der Waals surface area contributed by atoms with E-state index in [1.165, 1.54) is 11.1 Å². The highest BCUT2D eigenvalue weighted by atomic mass is 16.3. The summed E-state index contributed by atoms with van der Waals surface area (Å²) < 4.78 is 10.5. The Balaban J connectivity index is 2.21. The van der Waals surface area contributed by atoms with E-state index in [0.717, 1.165) is 12.2 Å². The molecule has 2 heterocycles. The number of hydrogen-bond acceptors (Lipinski definition) is 2. The van der Waals surface area contributed by atoms with E-state index in [-0.39, 0.29) is 0 Å². The predicted molar refractivity (Wildman–Crippen MR) is 54.3 cm³/mol. The van der Waals surface area contributed by atoms with E-state index in [1.807, 2.05) is 18.4 Å². The normalized spacial score (nSPS) is 11.1. The van der Waals surface area contributed by atoms with E-state index in [9.17, 15) is 0 Å². The van der Waals surface area contributed by atoms with E-state index in [4.69, 9.17) is 8.83 Å². The van der Waals surface area contributed by atoms with Crippen molar-refractivity contribution in [3.05, 3.63) is 47.8 Å². The molecule has 0 radical (unpaired) electrons. The van der Waals surface area contributed by atoms with Crippen LogP contribution in [0.25, 0.3) is 0 Å². The third kappa shape index (κ3) is 1.74. The molecule has 0 unspecified atom stereocenters. The fourth-order valence-electron chi connectivity index (χ4n) is 1.58. The Morgan fingerprint density at radius 3 is 2.79 bits per heavy atom. The molecule has 2 rings (SSSR count). The molecule has 2 nitrogen and oxygen atoms in total. The van der Waals surface area contributed by atoms with Gasteiger partial charge in [0.15, 0.2) is 0 Å². The average molecular weight is 190 g/mol. The molecule has 0 fully saturated rings. The monoisotopic (exact) mass is 190 g/mol. The number of hydrogen-bond donors (Lipinski definition) is 0. The van der Waals surface area contributed by atoms with Gasteiger partial charge in [-0.3, -0.25) is 0 Å². The SMILES string of the molecule is CC(C)c1cocc1Cc1ccco1. The topological polar surface area (TPSA) is 26.3 Å². The molecule has 0 aliphatic rings. The quantitative estimate of drug-likeness (QED) is 0.739. The maximum atomic E-state index is 5.30. The van der Waals surface area contributed by atoms with Crippen LogP contribution in [0.3, 0.4) is 0 Å². The van der Waals surface area contributed by atoms with Gasteiger partial charge >= 0.3 is 0 Å². The third-order valence-corrected chi connectivity index (χ3v) is 2.34. The summed E-state index contributed by atoms with van der Waals surface area (Å²) in [4.78, 5) is 0. The summed E-state index contributed by atoms with van der Waals surface area (Å²) in [6.07, 6.45) is 6.14. The van der Waals surface area contributed by atoms with Gasteiger partial charge in [-0.25, -0.2) is 0 Å². The van der Waals surface area contributed by atoms with Crippen molar-refractivity contribution in [2.75, 3.05) is 0 Å². The van der Waals surface area contributed by atoms with Crippen LogP contribution in [0.2, 0.25) is 0 Å². The summed E-state index contributed by atoms with van der Waals surface area (Å²) in [7, 11) is 0. The van der Waals surface area contributed by atoms with Crippen molar-refractivity contribution in [1.29, 1.82) is 0 Å². The summed E-state index contributed by atoms with van der Waals surface area (Å²) in [5.74, 6) is 1.48. The highest BCUT2D eigenvalue weighted by molar-refractivity contribution is 5.27. The van der Waals surface area contributed by atoms with Crippen LogP contribution in [0.5, 0.6) is 0 Å². The van der Waals surface area contributed by atoms with Gasteiger partial charge in [0.1, 0.15) is 5.76 Å². The lowest BCUT2D eigenvalue weighted by atomic mass is 10.00. The highest BCUT2D eigenvalue weighted by Crippen LogP contribution is 2.23. The van der Waals surface area contributed by atoms with Crippen molar-refractivity contribution in [1.82, 2.24) is 0 Å². The van der Waals surface area contributed by atoms with E-state index in [1.54, 1.807) is 12.5 Å². The molecule has 0 aliphatic carbocycles. The van der Waals surface area contributed by atoms with Crippen LogP contribution in [-0.2, 0) is 6.42 Å². The van der Waals surface area contributed by atoms with Gasteiger partial charge in [0.25, 0.3) is 0 Å². The molecule has 0 N–H and O–H groups in total. The molecule has 14 heavy (non-hydrogen) atoms. The molecule has 0 bridgehead atoms. The minimum absolute atomic E-state index is 0.499. The maximum absolute atomic E-state index is 5.30. The van der Waals surface area contributed by atoms with Crippen LogP contribution < -0.4 is 0 Å².